The number of primary amides is 1. The second-order valence-electron chi connectivity index (χ2n) is 6.72. The molecule has 4 N–H and O–H groups in total. The molecule has 2 amide bonds. The van der Waals surface area contributed by atoms with Gasteiger partial charge in [0.1, 0.15) is 5.69 Å². The summed E-state index contributed by atoms with van der Waals surface area (Å²) in [6, 6.07) is 5.79. The molecular weight excluding hydrogens is 424 g/mol. The highest BCUT2D eigenvalue weighted by atomic mass is 32.1. The van der Waals surface area contributed by atoms with Gasteiger partial charge in [-0.05, 0) is 12.1 Å². The molecule has 1 aromatic carbocycles. The van der Waals surface area contributed by atoms with Gasteiger partial charge in [-0.1, -0.05) is 0 Å². The third-order valence-corrected chi connectivity index (χ3v) is 5.51. The molecule has 12 heteroatoms. The van der Waals surface area contributed by atoms with Crippen molar-refractivity contribution in [2.24, 2.45) is 5.73 Å². The van der Waals surface area contributed by atoms with Gasteiger partial charge >= 0.3 is 0 Å². The van der Waals surface area contributed by atoms with E-state index >= 15 is 0 Å². The number of nitro groups is 1. The Morgan fingerprint density at radius 3 is 2.74 bits per heavy atom. The molecule has 4 rings (SSSR count). The van der Waals surface area contributed by atoms with Crippen molar-refractivity contribution >= 4 is 39.7 Å². The third kappa shape index (κ3) is 4.39. The fourth-order valence-electron chi connectivity index (χ4n) is 3.21. The van der Waals surface area contributed by atoms with Crippen LogP contribution < -0.4 is 16.0 Å². The summed E-state index contributed by atoms with van der Waals surface area (Å²) in [6.45, 7) is 2.18. The third-order valence-electron chi connectivity index (χ3n) is 4.76. The maximum Gasteiger partial charge on any atom is 0.270 e. The number of amides is 2. The molecule has 2 aromatic heterocycles. The summed E-state index contributed by atoms with van der Waals surface area (Å²) in [5.74, 6) is -1.09. The normalized spacial score (nSPS) is 13.7. The number of nitrogens with zero attached hydrogens (tertiary/aromatic N) is 3. The number of hydrogen-bond acceptors (Lipinski definition) is 8. The zero-order valence-electron chi connectivity index (χ0n) is 16.2. The molecule has 160 valence electrons. The molecule has 3 heterocycles. The molecule has 1 fully saturated rings. The molecule has 11 nitrogen and oxygen atoms in total. The van der Waals surface area contributed by atoms with Crippen LogP contribution in [0.25, 0.3) is 11.3 Å². The standard InChI is InChI=1S/C19H18N6O5S/c20-17(26)14-7-11(9-21-14)15-10-31-19(22-15)23-18(27)13-8-12(25(28)29)1-2-16(13)24-3-5-30-6-4-24/h1-2,7-10,21H,3-6H2,(H2,20,26)(H,22,23,27). The summed E-state index contributed by atoms with van der Waals surface area (Å²) >= 11 is 1.20. The molecule has 31 heavy (non-hydrogen) atoms. The van der Waals surface area contributed by atoms with E-state index < -0.39 is 16.7 Å². The zero-order chi connectivity index (χ0) is 22.0. The van der Waals surface area contributed by atoms with Crippen LogP contribution >= 0.6 is 11.3 Å². The number of anilines is 2. The fourth-order valence-corrected chi connectivity index (χ4v) is 3.93. The molecule has 0 saturated carbocycles. The number of carbonyl (C=O) groups excluding carboxylic acids is 2. The van der Waals surface area contributed by atoms with Crippen LogP contribution in [0.5, 0.6) is 0 Å². The summed E-state index contributed by atoms with van der Waals surface area (Å²) in [5, 5.41) is 16.0. The van der Waals surface area contributed by atoms with Crippen LogP contribution in [0.15, 0.2) is 35.8 Å². The lowest BCUT2D eigenvalue weighted by Gasteiger charge is -2.30. The second kappa shape index (κ2) is 8.53. The quantitative estimate of drug-likeness (QED) is 0.390. The lowest BCUT2D eigenvalue weighted by atomic mass is 10.1. The number of hydrogen-bond donors (Lipinski definition) is 3. The molecule has 0 unspecified atom stereocenters. The minimum absolute atomic E-state index is 0.173. The van der Waals surface area contributed by atoms with E-state index in [0.717, 1.165) is 0 Å². The Morgan fingerprint density at radius 1 is 1.29 bits per heavy atom. The van der Waals surface area contributed by atoms with Gasteiger partial charge in [0.05, 0.1) is 35.1 Å². The molecular formula is C19H18N6O5S. The van der Waals surface area contributed by atoms with Crippen molar-refractivity contribution in [3.05, 3.63) is 57.2 Å². The number of carbonyl (C=O) groups is 2. The first-order valence-electron chi connectivity index (χ1n) is 9.29. The summed E-state index contributed by atoms with van der Waals surface area (Å²) in [4.78, 5) is 44.0. The Bertz CT molecular complexity index is 1150. The first-order chi connectivity index (χ1) is 14.9. The fraction of sp³-hybridized carbons (Fsp3) is 0.211. The number of rotatable bonds is 6. The second-order valence-corrected chi connectivity index (χ2v) is 7.57. The average molecular weight is 442 g/mol. The molecule has 3 aromatic rings. The maximum absolute atomic E-state index is 13.0. The number of ether oxygens (including phenoxy) is 1. The van der Waals surface area contributed by atoms with Gasteiger partial charge in [-0.15, -0.1) is 11.3 Å². The topological polar surface area (TPSA) is 156 Å². The van der Waals surface area contributed by atoms with Crippen molar-refractivity contribution in [1.29, 1.82) is 0 Å². The van der Waals surface area contributed by atoms with E-state index in [1.54, 1.807) is 23.7 Å². The number of thiazole rings is 1. The van der Waals surface area contributed by atoms with Crippen molar-refractivity contribution < 1.29 is 19.2 Å². The molecule has 1 saturated heterocycles. The van der Waals surface area contributed by atoms with Gasteiger partial charge in [-0.3, -0.25) is 25.0 Å². The number of nitrogens with two attached hydrogens (primary N) is 1. The van der Waals surface area contributed by atoms with E-state index in [9.17, 15) is 19.7 Å². The van der Waals surface area contributed by atoms with Gasteiger partial charge in [0.25, 0.3) is 17.5 Å². The number of H-pyrrole nitrogens is 1. The molecule has 0 bridgehead atoms. The Morgan fingerprint density at radius 2 is 2.06 bits per heavy atom. The van der Waals surface area contributed by atoms with E-state index in [1.165, 1.54) is 23.5 Å². The van der Waals surface area contributed by atoms with E-state index in [0.29, 0.717) is 48.4 Å². The predicted octanol–water partition coefficient (Wildman–Crippen LogP) is 2.23. The van der Waals surface area contributed by atoms with Gasteiger partial charge in [0, 0.05) is 42.4 Å². The van der Waals surface area contributed by atoms with E-state index in [-0.39, 0.29) is 16.9 Å². The lowest BCUT2D eigenvalue weighted by Crippen LogP contribution is -2.37. The van der Waals surface area contributed by atoms with Gasteiger partial charge < -0.3 is 20.4 Å². The average Bonchev–Trinajstić information content (AvgIpc) is 3.43. The van der Waals surface area contributed by atoms with Crippen molar-refractivity contribution in [3.63, 3.8) is 0 Å². The van der Waals surface area contributed by atoms with Crippen LogP contribution in [-0.2, 0) is 4.74 Å². The largest absolute Gasteiger partial charge is 0.378 e. The van der Waals surface area contributed by atoms with Crippen LogP contribution in [0.1, 0.15) is 20.8 Å². The molecule has 0 radical (unpaired) electrons. The summed E-state index contributed by atoms with van der Waals surface area (Å²) in [7, 11) is 0. The van der Waals surface area contributed by atoms with Gasteiger partial charge in [-0.25, -0.2) is 4.98 Å². The van der Waals surface area contributed by atoms with Crippen LogP contribution in [0.3, 0.4) is 0 Å². The van der Waals surface area contributed by atoms with Crippen LogP contribution in [0.2, 0.25) is 0 Å². The Labute approximate surface area is 180 Å². The predicted molar refractivity (Wildman–Crippen MR) is 115 cm³/mol. The first kappa shape index (κ1) is 20.5. The number of morpholine rings is 1. The van der Waals surface area contributed by atoms with E-state index in [1.807, 2.05) is 4.90 Å². The maximum atomic E-state index is 13.0. The highest BCUT2D eigenvalue weighted by Crippen LogP contribution is 2.29. The molecule has 0 spiro atoms. The number of non-ortho nitro benzene ring substituents is 1. The summed E-state index contributed by atoms with van der Waals surface area (Å²) < 4.78 is 5.35. The number of aromatic nitrogens is 2. The number of aromatic amines is 1. The number of benzene rings is 1. The first-order valence-corrected chi connectivity index (χ1v) is 10.2. The van der Waals surface area contributed by atoms with Crippen molar-refractivity contribution in [2.45, 2.75) is 0 Å². The Kier molecular flexibility index (Phi) is 5.64. The smallest absolute Gasteiger partial charge is 0.270 e. The van der Waals surface area contributed by atoms with Gasteiger partial charge in [0.2, 0.25) is 0 Å². The molecule has 1 aliphatic heterocycles. The molecule has 1 aliphatic rings. The SMILES string of the molecule is NC(=O)c1cc(-c2csc(NC(=O)c3cc([N+](=O)[O-])ccc3N3CCOCC3)n2)c[nH]1. The van der Waals surface area contributed by atoms with Crippen LogP contribution in [0.4, 0.5) is 16.5 Å². The van der Waals surface area contributed by atoms with E-state index in [4.69, 9.17) is 10.5 Å². The van der Waals surface area contributed by atoms with Crippen molar-refractivity contribution in [3.8, 4) is 11.3 Å². The Hall–Kier alpha value is -3.77. The number of nitro benzene ring substituents is 1. The molecule has 0 aliphatic carbocycles. The zero-order valence-corrected chi connectivity index (χ0v) is 17.0. The van der Waals surface area contributed by atoms with Crippen LogP contribution in [-0.4, -0.2) is 53.0 Å². The minimum atomic E-state index is -0.587. The number of nitrogens with one attached hydrogen (secondary N) is 2. The monoisotopic (exact) mass is 442 g/mol. The summed E-state index contributed by atoms with van der Waals surface area (Å²) in [5.41, 5.74) is 7.31. The lowest BCUT2D eigenvalue weighted by molar-refractivity contribution is -0.384. The van der Waals surface area contributed by atoms with E-state index in [2.05, 4.69) is 15.3 Å². The highest BCUT2D eigenvalue weighted by molar-refractivity contribution is 7.14. The van der Waals surface area contributed by atoms with Crippen molar-refractivity contribution in [2.75, 3.05) is 36.5 Å². The van der Waals surface area contributed by atoms with Gasteiger partial charge in [0.15, 0.2) is 5.13 Å². The van der Waals surface area contributed by atoms with Crippen LogP contribution in [0, 0.1) is 10.1 Å². The minimum Gasteiger partial charge on any atom is -0.378 e. The Balaban J connectivity index is 1.59. The highest BCUT2D eigenvalue weighted by Gasteiger charge is 2.23. The van der Waals surface area contributed by atoms with Gasteiger partial charge in [-0.2, -0.15) is 0 Å². The molecule has 0 atom stereocenters. The summed E-state index contributed by atoms with van der Waals surface area (Å²) in [6.07, 6.45) is 1.60. The van der Waals surface area contributed by atoms with Crippen molar-refractivity contribution in [1.82, 2.24) is 9.97 Å².